The summed E-state index contributed by atoms with van der Waals surface area (Å²) in [5, 5.41) is 13.8. The maximum atomic E-state index is 3.46. The molecular weight excluding hydrogens is 212 g/mol. The van der Waals surface area contributed by atoms with E-state index in [-0.39, 0.29) is 0 Å². The van der Waals surface area contributed by atoms with Crippen molar-refractivity contribution in [2.75, 3.05) is 39.3 Å². The Morgan fingerprint density at radius 1 is 0.588 bits per heavy atom. The monoisotopic (exact) mass is 238 g/mol. The average molecular weight is 238 g/mol. The van der Waals surface area contributed by atoms with Crippen molar-refractivity contribution in [1.82, 2.24) is 21.3 Å². The summed E-state index contributed by atoms with van der Waals surface area (Å²) in [7, 11) is 0. The van der Waals surface area contributed by atoms with Crippen LogP contribution in [0.4, 0.5) is 0 Å². The predicted octanol–water partition coefficient (Wildman–Crippen LogP) is -0.474. The van der Waals surface area contributed by atoms with Crippen LogP contribution in [0.2, 0.25) is 0 Å². The zero-order chi connectivity index (χ0) is 11.5. The minimum atomic E-state index is 0.815. The molecule has 0 saturated carbocycles. The first-order valence-corrected chi connectivity index (χ1v) is 7.31. The molecule has 4 nitrogen and oxygen atoms in total. The maximum absolute atomic E-state index is 3.46. The van der Waals surface area contributed by atoms with Gasteiger partial charge in [-0.15, -0.1) is 0 Å². The van der Waals surface area contributed by atoms with E-state index in [2.05, 4.69) is 21.3 Å². The molecule has 0 bridgehead atoms. The maximum Gasteiger partial charge on any atom is 0.0233 e. The minimum absolute atomic E-state index is 0.815. The Kier molecular flexibility index (Phi) is 3.96. The number of hydrogen-bond acceptors (Lipinski definition) is 4. The molecule has 0 aromatic rings. The quantitative estimate of drug-likeness (QED) is 0.461. The lowest BCUT2D eigenvalue weighted by molar-refractivity contribution is 0.318. The molecule has 0 radical (unpaired) electrons. The Labute approximate surface area is 104 Å². The normalized spacial score (nSPS) is 43.8. The van der Waals surface area contributed by atoms with E-state index in [9.17, 15) is 0 Å². The van der Waals surface area contributed by atoms with E-state index in [1.165, 1.54) is 58.5 Å². The van der Waals surface area contributed by atoms with Gasteiger partial charge in [0.1, 0.15) is 0 Å². The van der Waals surface area contributed by atoms with Crippen molar-refractivity contribution in [3.05, 3.63) is 0 Å². The van der Waals surface area contributed by atoms with Gasteiger partial charge in [0.05, 0.1) is 0 Å². The average Bonchev–Trinajstić information content (AvgIpc) is 3.06. The molecule has 4 rings (SSSR count). The highest BCUT2D eigenvalue weighted by Gasteiger charge is 2.30. The molecule has 4 fully saturated rings. The van der Waals surface area contributed by atoms with E-state index in [0.29, 0.717) is 0 Å². The molecule has 0 unspecified atom stereocenters. The van der Waals surface area contributed by atoms with E-state index in [1.54, 1.807) is 0 Å². The SMILES string of the molecule is C1C[C@@H]2CNC[C@@H]2CN1.C1C[C@H]2NCC[C@H]2N1. The summed E-state index contributed by atoms with van der Waals surface area (Å²) in [6, 6.07) is 1.63. The van der Waals surface area contributed by atoms with Gasteiger partial charge in [-0.2, -0.15) is 0 Å². The minimum Gasteiger partial charge on any atom is -0.316 e. The molecule has 0 amide bonds. The van der Waals surface area contributed by atoms with Gasteiger partial charge in [0.2, 0.25) is 0 Å². The summed E-state index contributed by atoms with van der Waals surface area (Å²) in [4.78, 5) is 0. The third-order valence-electron chi connectivity index (χ3n) is 4.79. The fourth-order valence-corrected chi connectivity index (χ4v) is 3.68. The largest absolute Gasteiger partial charge is 0.316 e. The number of piperidine rings is 1. The predicted molar refractivity (Wildman–Crippen MR) is 70.2 cm³/mol. The van der Waals surface area contributed by atoms with Crippen LogP contribution in [0.25, 0.3) is 0 Å². The molecule has 4 heterocycles. The van der Waals surface area contributed by atoms with E-state index in [4.69, 9.17) is 0 Å². The van der Waals surface area contributed by atoms with Crippen LogP contribution in [0.5, 0.6) is 0 Å². The second kappa shape index (κ2) is 5.65. The van der Waals surface area contributed by atoms with Crippen LogP contribution in [-0.2, 0) is 0 Å². The molecule has 0 spiro atoms. The molecule has 17 heavy (non-hydrogen) atoms. The van der Waals surface area contributed by atoms with Gasteiger partial charge < -0.3 is 21.3 Å². The second-order valence-corrected chi connectivity index (χ2v) is 5.87. The fourth-order valence-electron chi connectivity index (χ4n) is 3.68. The van der Waals surface area contributed by atoms with Gasteiger partial charge in [-0.3, -0.25) is 0 Å². The third-order valence-corrected chi connectivity index (χ3v) is 4.79. The van der Waals surface area contributed by atoms with Gasteiger partial charge in [-0.25, -0.2) is 0 Å². The summed E-state index contributed by atoms with van der Waals surface area (Å²) in [5.41, 5.74) is 0. The lowest BCUT2D eigenvalue weighted by Crippen LogP contribution is -2.35. The standard InChI is InChI=1S/C7H14N2.C6H12N2/c1-2-8-4-7-5-9-3-6(1)7;1-3-7-6-2-4-8-5(1)6/h6-9H,1-5H2;5-8H,1-4H2/t6-,7+;5-,6-/m11/s1. The summed E-state index contributed by atoms with van der Waals surface area (Å²) < 4.78 is 0. The molecule has 4 heteroatoms. The highest BCUT2D eigenvalue weighted by Crippen LogP contribution is 2.21. The van der Waals surface area contributed by atoms with Crippen LogP contribution in [0.15, 0.2) is 0 Å². The Morgan fingerprint density at radius 2 is 1.24 bits per heavy atom. The summed E-state index contributed by atoms with van der Waals surface area (Å²) in [5.74, 6) is 1.94. The van der Waals surface area contributed by atoms with Gasteiger partial charge in [0.15, 0.2) is 0 Å². The van der Waals surface area contributed by atoms with E-state index < -0.39 is 0 Å². The number of hydrogen-bond donors (Lipinski definition) is 4. The third kappa shape index (κ3) is 2.81. The molecule has 4 saturated heterocycles. The first kappa shape index (κ1) is 11.9. The zero-order valence-corrected chi connectivity index (χ0v) is 10.7. The van der Waals surface area contributed by atoms with Crippen LogP contribution in [0.3, 0.4) is 0 Å². The topological polar surface area (TPSA) is 48.1 Å². The van der Waals surface area contributed by atoms with Crippen LogP contribution >= 0.6 is 0 Å². The van der Waals surface area contributed by atoms with Crippen LogP contribution < -0.4 is 21.3 Å². The first-order chi connectivity index (χ1) is 8.43. The second-order valence-electron chi connectivity index (χ2n) is 5.87. The van der Waals surface area contributed by atoms with Crippen molar-refractivity contribution in [3.8, 4) is 0 Å². The fraction of sp³-hybridized carbons (Fsp3) is 1.00. The van der Waals surface area contributed by atoms with Gasteiger partial charge in [0, 0.05) is 12.1 Å². The Morgan fingerprint density at radius 3 is 1.94 bits per heavy atom. The smallest absolute Gasteiger partial charge is 0.0233 e. The Balaban J connectivity index is 0.000000107. The Bertz CT molecular complexity index is 214. The molecule has 4 atom stereocenters. The lowest BCUT2D eigenvalue weighted by atomic mass is 9.90. The number of fused-ring (bicyclic) bond motifs is 2. The molecule has 0 aliphatic carbocycles. The van der Waals surface area contributed by atoms with Crippen molar-refractivity contribution < 1.29 is 0 Å². The lowest BCUT2D eigenvalue weighted by Gasteiger charge is -2.24. The molecule has 0 aromatic carbocycles. The van der Waals surface area contributed by atoms with Crippen molar-refractivity contribution in [1.29, 1.82) is 0 Å². The molecule has 4 aliphatic rings. The highest BCUT2D eigenvalue weighted by atomic mass is 15.1. The number of nitrogens with one attached hydrogen (secondary N) is 4. The van der Waals surface area contributed by atoms with Crippen LogP contribution in [0.1, 0.15) is 19.3 Å². The highest BCUT2D eigenvalue weighted by molar-refractivity contribution is 4.94. The molecule has 0 aromatic heterocycles. The Hall–Kier alpha value is -0.160. The van der Waals surface area contributed by atoms with E-state index in [1.807, 2.05) is 0 Å². The van der Waals surface area contributed by atoms with Gasteiger partial charge in [0.25, 0.3) is 0 Å². The number of rotatable bonds is 0. The van der Waals surface area contributed by atoms with E-state index >= 15 is 0 Å². The van der Waals surface area contributed by atoms with Crippen LogP contribution in [-0.4, -0.2) is 51.4 Å². The molecular formula is C13H26N4. The molecule has 98 valence electrons. The van der Waals surface area contributed by atoms with Gasteiger partial charge in [-0.1, -0.05) is 0 Å². The van der Waals surface area contributed by atoms with Crippen molar-refractivity contribution in [2.24, 2.45) is 11.8 Å². The first-order valence-electron chi connectivity index (χ1n) is 7.31. The van der Waals surface area contributed by atoms with Crippen molar-refractivity contribution in [2.45, 2.75) is 31.3 Å². The summed E-state index contributed by atoms with van der Waals surface area (Å²) in [6.07, 6.45) is 4.06. The molecule has 4 aliphatic heterocycles. The van der Waals surface area contributed by atoms with Crippen molar-refractivity contribution >= 4 is 0 Å². The summed E-state index contributed by atoms with van der Waals surface area (Å²) >= 11 is 0. The van der Waals surface area contributed by atoms with E-state index in [0.717, 1.165) is 23.9 Å². The van der Waals surface area contributed by atoms with Crippen molar-refractivity contribution in [3.63, 3.8) is 0 Å². The van der Waals surface area contributed by atoms with Gasteiger partial charge >= 0.3 is 0 Å². The van der Waals surface area contributed by atoms with Gasteiger partial charge in [-0.05, 0) is 70.4 Å². The van der Waals surface area contributed by atoms with Crippen LogP contribution in [0, 0.1) is 11.8 Å². The zero-order valence-electron chi connectivity index (χ0n) is 10.7. The molecule has 4 N–H and O–H groups in total. The summed E-state index contributed by atoms with van der Waals surface area (Å²) in [6.45, 7) is 7.45.